The van der Waals surface area contributed by atoms with E-state index in [-0.39, 0.29) is 17.0 Å². The Morgan fingerprint density at radius 1 is 1.42 bits per heavy atom. The predicted octanol–water partition coefficient (Wildman–Crippen LogP) is 3.31. The molecule has 0 atom stereocenters. The number of hydrogen-bond donors (Lipinski definition) is 0. The molecular formula is C10H16BrN. The Morgan fingerprint density at radius 3 is 2.75 bits per heavy atom. The van der Waals surface area contributed by atoms with Crippen LogP contribution in [-0.2, 0) is 6.42 Å². The molecular weight excluding hydrogens is 214 g/mol. The lowest BCUT2D eigenvalue weighted by atomic mass is 10.1. The summed E-state index contributed by atoms with van der Waals surface area (Å²) in [5.41, 5.74) is 2.58. The van der Waals surface area contributed by atoms with Gasteiger partial charge in [0.1, 0.15) is 0 Å². The average Bonchev–Trinajstić information content (AvgIpc) is 2.03. The van der Waals surface area contributed by atoms with E-state index in [2.05, 4.69) is 24.9 Å². The number of aromatic nitrogens is 1. The van der Waals surface area contributed by atoms with Crippen LogP contribution in [0, 0.1) is 6.92 Å². The van der Waals surface area contributed by atoms with Crippen LogP contribution in [0.2, 0.25) is 0 Å². The molecule has 1 aromatic rings. The van der Waals surface area contributed by atoms with Crippen molar-refractivity contribution in [2.45, 2.75) is 33.1 Å². The molecule has 0 saturated heterocycles. The minimum absolute atomic E-state index is 0. The van der Waals surface area contributed by atoms with Crippen LogP contribution in [0.1, 0.15) is 31.0 Å². The summed E-state index contributed by atoms with van der Waals surface area (Å²) in [6.07, 6.45) is 5.50. The molecule has 1 rings (SSSR count). The van der Waals surface area contributed by atoms with Gasteiger partial charge >= 0.3 is 0 Å². The highest BCUT2D eigenvalue weighted by Crippen LogP contribution is 2.06. The Labute approximate surface area is 85.0 Å². The van der Waals surface area contributed by atoms with Gasteiger partial charge < -0.3 is 0 Å². The lowest BCUT2D eigenvalue weighted by molar-refractivity contribution is 0.771. The molecule has 1 nitrogen and oxygen atoms in total. The normalized spacial score (nSPS) is 9.17. The first-order chi connectivity index (χ1) is 5.34. The summed E-state index contributed by atoms with van der Waals surface area (Å²) in [5, 5.41) is 0. The van der Waals surface area contributed by atoms with Gasteiger partial charge in [0, 0.05) is 11.9 Å². The molecule has 0 radical (unpaired) electrons. The Morgan fingerprint density at radius 2 is 2.17 bits per heavy atom. The third-order valence-electron chi connectivity index (χ3n) is 1.88. The van der Waals surface area contributed by atoms with Crippen LogP contribution in [-0.4, -0.2) is 4.98 Å². The van der Waals surface area contributed by atoms with Crippen molar-refractivity contribution in [1.82, 2.24) is 4.98 Å². The molecule has 1 aromatic heterocycles. The van der Waals surface area contributed by atoms with Gasteiger partial charge in [0.15, 0.2) is 0 Å². The quantitative estimate of drug-likeness (QED) is 0.776. The highest BCUT2D eigenvalue weighted by atomic mass is 79.9. The summed E-state index contributed by atoms with van der Waals surface area (Å²) < 4.78 is 0. The SMILES string of the molecule is Br.CCCCc1ncccc1C. The lowest BCUT2D eigenvalue weighted by Crippen LogP contribution is -1.92. The number of rotatable bonds is 3. The number of aryl methyl sites for hydroxylation is 2. The van der Waals surface area contributed by atoms with E-state index in [0.29, 0.717) is 0 Å². The summed E-state index contributed by atoms with van der Waals surface area (Å²) in [4.78, 5) is 4.32. The maximum atomic E-state index is 4.32. The van der Waals surface area contributed by atoms with Gasteiger partial charge in [0.05, 0.1) is 0 Å². The number of halogens is 1. The summed E-state index contributed by atoms with van der Waals surface area (Å²) in [7, 11) is 0. The Hall–Kier alpha value is -0.370. The van der Waals surface area contributed by atoms with Gasteiger partial charge in [-0.3, -0.25) is 4.98 Å². The molecule has 0 fully saturated rings. The van der Waals surface area contributed by atoms with Crippen LogP contribution < -0.4 is 0 Å². The van der Waals surface area contributed by atoms with Gasteiger partial charge in [0.25, 0.3) is 0 Å². The first kappa shape index (κ1) is 11.6. The maximum Gasteiger partial charge on any atom is 0.0432 e. The van der Waals surface area contributed by atoms with Gasteiger partial charge in [-0.25, -0.2) is 0 Å². The van der Waals surface area contributed by atoms with Crippen molar-refractivity contribution in [3.63, 3.8) is 0 Å². The fourth-order valence-electron chi connectivity index (χ4n) is 1.12. The molecule has 0 spiro atoms. The van der Waals surface area contributed by atoms with Crippen LogP contribution in [0.15, 0.2) is 18.3 Å². The average molecular weight is 230 g/mol. The second-order valence-electron chi connectivity index (χ2n) is 2.87. The maximum absolute atomic E-state index is 4.32. The second kappa shape index (κ2) is 6.18. The van der Waals surface area contributed by atoms with Crippen LogP contribution >= 0.6 is 17.0 Å². The Balaban J connectivity index is 0.00000121. The zero-order valence-electron chi connectivity index (χ0n) is 7.71. The smallest absolute Gasteiger partial charge is 0.0432 e. The first-order valence-corrected chi connectivity index (χ1v) is 4.25. The summed E-state index contributed by atoms with van der Waals surface area (Å²) in [5.74, 6) is 0. The number of hydrogen-bond acceptors (Lipinski definition) is 1. The van der Waals surface area contributed by atoms with Gasteiger partial charge in [-0.15, -0.1) is 17.0 Å². The fourth-order valence-corrected chi connectivity index (χ4v) is 1.12. The zero-order valence-corrected chi connectivity index (χ0v) is 9.42. The third kappa shape index (κ3) is 3.35. The van der Waals surface area contributed by atoms with E-state index < -0.39 is 0 Å². The van der Waals surface area contributed by atoms with E-state index in [1.54, 1.807) is 0 Å². The van der Waals surface area contributed by atoms with Gasteiger partial charge in [0.2, 0.25) is 0 Å². The molecule has 1 heterocycles. The van der Waals surface area contributed by atoms with Crippen LogP contribution in [0.25, 0.3) is 0 Å². The zero-order chi connectivity index (χ0) is 8.10. The molecule has 2 heteroatoms. The second-order valence-corrected chi connectivity index (χ2v) is 2.87. The number of pyridine rings is 1. The largest absolute Gasteiger partial charge is 0.261 e. The first-order valence-electron chi connectivity index (χ1n) is 4.25. The van der Waals surface area contributed by atoms with Crippen LogP contribution in [0.5, 0.6) is 0 Å². The van der Waals surface area contributed by atoms with Crippen molar-refractivity contribution in [2.75, 3.05) is 0 Å². The van der Waals surface area contributed by atoms with E-state index >= 15 is 0 Å². The molecule has 0 N–H and O–H groups in total. The summed E-state index contributed by atoms with van der Waals surface area (Å²) >= 11 is 0. The van der Waals surface area contributed by atoms with Gasteiger partial charge in [-0.2, -0.15) is 0 Å². The fraction of sp³-hybridized carbons (Fsp3) is 0.500. The summed E-state index contributed by atoms with van der Waals surface area (Å²) in [6, 6.07) is 4.11. The molecule has 0 aliphatic carbocycles. The van der Waals surface area contributed by atoms with Crippen molar-refractivity contribution in [2.24, 2.45) is 0 Å². The third-order valence-corrected chi connectivity index (χ3v) is 1.88. The Kier molecular flexibility index (Phi) is 5.99. The lowest BCUT2D eigenvalue weighted by Gasteiger charge is -2.01. The molecule has 0 bridgehead atoms. The molecule has 12 heavy (non-hydrogen) atoms. The van der Waals surface area contributed by atoms with Gasteiger partial charge in [-0.05, 0) is 31.4 Å². The van der Waals surface area contributed by atoms with Crippen molar-refractivity contribution >= 4 is 17.0 Å². The van der Waals surface area contributed by atoms with E-state index in [0.717, 1.165) is 6.42 Å². The minimum atomic E-state index is 0. The van der Waals surface area contributed by atoms with Crippen molar-refractivity contribution < 1.29 is 0 Å². The molecule has 0 aliphatic heterocycles. The molecule has 0 saturated carbocycles. The highest BCUT2D eigenvalue weighted by Gasteiger charge is 1.95. The van der Waals surface area contributed by atoms with Crippen LogP contribution in [0.3, 0.4) is 0 Å². The van der Waals surface area contributed by atoms with E-state index in [1.165, 1.54) is 24.1 Å². The molecule has 68 valence electrons. The number of nitrogens with zero attached hydrogens (tertiary/aromatic N) is 1. The van der Waals surface area contributed by atoms with Crippen molar-refractivity contribution in [1.29, 1.82) is 0 Å². The topological polar surface area (TPSA) is 12.9 Å². The van der Waals surface area contributed by atoms with Crippen LogP contribution in [0.4, 0.5) is 0 Å². The number of unbranched alkanes of at least 4 members (excludes halogenated alkanes) is 1. The van der Waals surface area contributed by atoms with Crippen molar-refractivity contribution in [3.8, 4) is 0 Å². The molecule has 0 unspecified atom stereocenters. The van der Waals surface area contributed by atoms with Crippen molar-refractivity contribution in [3.05, 3.63) is 29.6 Å². The predicted molar refractivity (Wildman–Crippen MR) is 57.9 cm³/mol. The van der Waals surface area contributed by atoms with E-state index in [9.17, 15) is 0 Å². The monoisotopic (exact) mass is 229 g/mol. The van der Waals surface area contributed by atoms with Gasteiger partial charge in [-0.1, -0.05) is 19.4 Å². The van der Waals surface area contributed by atoms with E-state index in [1.807, 2.05) is 12.3 Å². The summed E-state index contributed by atoms with van der Waals surface area (Å²) in [6.45, 7) is 4.33. The standard InChI is InChI=1S/C10H15N.BrH/c1-3-4-7-10-9(2)6-5-8-11-10;/h5-6,8H,3-4,7H2,1-2H3;1H. The highest BCUT2D eigenvalue weighted by molar-refractivity contribution is 8.93. The molecule has 0 aromatic carbocycles. The molecule has 0 amide bonds. The molecule has 0 aliphatic rings. The van der Waals surface area contributed by atoms with E-state index in [4.69, 9.17) is 0 Å². The minimum Gasteiger partial charge on any atom is -0.261 e. The Bertz CT molecular complexity index is 223.